The molecule has 2 aromatic rings. The minimum absolute atomic E-state index is 0.109. The van der Waals surface area contributed by atoms with Crippen LogP contribution in [-0.4, -0.2) is 22.3 Å². The van der Waals surface area contributed by atoms with E-state index >= 15 is 0 Å². The second kappa shape index (κ2) is 5.88. The van der Waals surface area contributed by atoms with E-state index < -0.39 is 18.6 Å². The normalized spacial score (nSPS) is 10.9. The molecule has 4 nitrogen and oxygen atoms in total. The molecule has 7 heteroatoms. The number of alkyl halides is 2. The van der Waals surface area contributed by atoms with Crippen molar-refractivity contribution in [3.05, 3.63) is 46.6 Å². The lowest BCUT2D eigenvalue weighted by Gasteiger charge is -1.96. The summed E-state index contributed by atoms with van der Waals surface area (Å²) in [6.07, 6.45) is -3.23. The van der Waals surface area contributed by atoms with Crippen LogP contribution in [0.25, 0.3) is 0 Å². The van der Waals surface area contributed by atoms with Crippen LogP contribution in [-0.2, 0) is 17.6 Å². The fourth-order valence-corrected chi connectivity index (χ4v) is 1.70. The van der Waals surface area contributed by atoms with Crippen molar-refractivity contribution in [3.63, 3.8) is 0 Å². The van der Waals surface area contributed by atoms with E-state index in [-0.39, 0.29) is 5.89 Å². The molecule has 0 bridgehead atoms. The maximum absolute atomic E-state index is 12.1. The Bertz CT molecular complexity index is 587. The molecule has 0 fully saturated rings. The first kappa shape index (κ1) is 13.6. The van der Waals surface area contributed by atoms with Gasteiger partial charge in [0.15, 0.2) is 5.82 Å². The molecule has 0 unspecified atom stereocenters. The van der Waals surface area contributed by atoms with Crippen LogP contribution < -0.4 is 0 Å². The van der Waals surface area contributed by atoms with Crippen LogP contribution in [0.5, 0.6) is 0 Å². The largest absolute Gasteiger partial charge is 0.339 e. The first-order chi connectivity index (χ1) is 9.04. The zero-order chi connectivity index (χ0) is 13.8. The highest BCUT2D eigenvalue weighted by Crippen LogP contribution is 2.13. The number of halogens is 3. The van der Waals surface area contributed by atoms with Crippen LogP contribution in [0.15, 0.2) is 28.8 Å². The van der Waals surface area contributed by atoms with Crippen LogP contribution in [0, 0.1) is 0 Å². The first-order valence-electron chi connectivity index (χ1n) is 5.41. The first-order valence-corrected chi connectivity index (χ1v) is 5.79. The summed E-state index contributed by atoms with van der Waals surface area (Å²) in [6.45, 7) is 0. The number of carbonyl (C=O) groups excluding carboxylic acids is 1. The van der Waals surface area contributed by atoms with E-state index in [9.17, 15) is 13.6 Å². The summed E-state index contributed by atoms with van der Waals surface area (Å²) in [5.74, 6) is -1.03. The quantitative estimate of drug-likeness (QED) is 0.848. The van der Waals surface area contributed by atoms with Gasteiger partial charge in [-0.25, -0.2) is 8.78 Å². The van der Waals surface area contributed by atoms with Crippen LogP contribution in [0.2, 0.25) is 5.02 Å². The number of ketones is 1. The van der Waals surface area contributed by atoms with E-state index in [2.05, 4.69) is 10.1 Å². The van der Waals surface area contributed by atoms with Gasteiger partial charge in [-0.05, 0) is 17.7 Å². The van der Waals surface area contributed by atoms with Gasteiger partial charge < -0.3 is 4.52 Å². The zero-order valence-corrected chi connectivity index (χ0v) is 10.4. The molecule has 0 aliphatic heterocycles. The Hall–Kier alpha value is -1.82. The molecule has 0 aliphatic rings. The Kier molecular flexibility index (Phi) is 4.21. The fourth-order valence-electron chi connectivity index (χ4n) is 1.49. The summed E-state index contributed by atoms with van der Waals surface area (Å²) in [7, 11) is 0. The molecule has 0 spiro atoms. The van der Waals surface area contributed by atoms with Crippen molar-refractivity contribution in [3.8, 4) is 0 Å². The number of hydrogen-bond acceptors (Lipinski definition) is 4. The number of aromatic nitrogens is 2. The highest BCUT2D eigenvalue weighted by atomic mass is 35.5. The minimum atomic E-state index is -3.02. The number of hydrogen-bond donors (Lipinski definition) is 0. The monoisotopic (exact) mass is 286 g/mol. The lowest BCUT2D eigenvalue weighted by atomic mass is 10.1. The van der Waals surface area contributed by atoms with Crippen molar-refractivity contribution >= 4 is 17.4 Å². The maximum Gasteiger partial charge on any atom is 0.296 e. The maximum atomic E-state index is 12.1. The van der Waals surface area contributed by atoms with Crippen LogP contribution in [0.1, 0.15) is 17.3 Å². The standard InChI is InChI=1S/C12H9ClF2N2O2/c13-8-3-1-2-7(4-8)5-10-16-11(19-17-10)6-9(18)12(14)15/h1-4,12H,5-6H2. The molecule has 0 radical (unpaired) electrons. The van der Waals surface area contributed by atoms with Crippen molar-refractivity contribution in [1.82, 2.24) is 10.1 Å². The molecule has 100 valence electrons. The van der Waals surface area contributed by atoms with Crippen LogP contribution in [0.3, 0.4) is 0 Å². The molecule has 0 N–H and O–H groups in total. The Labute approximate surface area is 112 Å². The van der Waals surface area contributed by atoms with Gasteiger partial charge in [-0.15, -0.1) is 0 Å². The molecule has 19 heavy (non-hydrogen) atoms. The molecular weight excluding hydrogens is 278 g/mol. The average Bonchev–Trinajstić information content (AvgIpc) is 2.76. The Balaban J connectivity index is 2.03. The van der Waals surface area contributed by atoms with Crippen molar-refractivity contribution in [2.45, 2.75) is 19.3 Å². The minimum Gasteiger partial charge on any atom is -0.339 e. The summed E-state index contributed by atoms with van der Waals surface area (Å²) in [6, 6.07) is 7.07. The molecule has 0 amide bonds. The second-order valence-corrected chi connectivity index (χ2v) is 4.29. The highest BCUT2D eigenvalue weighted by molar-refractivity contribution is 6.30. The molecular formula is C12H9ClF2N2O2. The molecule has 0 aliphatic carbocycles. The molecule has 0 atom stereocenters. The molecule has 0 saturated carbocycles. The van der Waals surface area contributed by atoms with Gasteiger partial charge in [-0.3, -0.25) is 4.79 Å². The highest BCUT2D eigenvalue weighted by Gasteiger charge is 2.19. The smallest absolute Gasteiger partial charge is 0.296 e. The van der Waals surface area contributed by atoms with Gasteiger partial charge in [0, 0.05) is 11.4 Å². The van der Waals surface area contributed by atoms with Gasteiger partial charge in [-0.1, -0.05) is 28.9 Å². The van der Waals surface area contributed by atoms with Gasteiger partial charge in [-0.2, -0.15) is 4.98 Å². The van der Waals surface area contributed by atoms with E-state index in [0.717, 1.165) is 5.56 Å². The number of rotatable bonds is 5. The Morgan fingerprint density at radius 2 is 2.21 bits per heavy atom. The third-order valence-corrected chi connectivity index (χ3v) is 2.57. The predicted octanol–water partition coefficient (Wildman–Crippen LogP) is 2.69. The van der Waals surface area contributed by atoms with E-state index in [0.29, 0.717) is 17.3 Å². The van der Waals surface area contributed by atoms with Crippen molar-refractivity contribution in [2.24, 2.45) is 0 Å². The average molecular weight is 287 g/mol. The number of nitrogens with zero attached hydrogens (tertiary/aromatic N) is 2. The van der Waals surface area contributed by atoms with E-state index in [1.165, 1.54) is 0 Å². The summed E-state index contributed by atoms with van der Waals surface area (Å²) >= 11 is 5.83. The third kappa shape index (κ3) is 3.82. The third-order valence-electron chi connectivity index (χ3n) is 2.33. The van der Waals surface area contributed by atoms with E-state index in [4.69, 9.17) is 16.1 Å². The zero-order valence-electron chi connectivity index (χ0n) is 9.65. The molecule has 2 rings (SSSR count). The summed E-state index contributed by atoms with van der Waals surface area (Å²) in [5, 5.41) is 4.21. The van der Waals surface area contributed by atoms with E-state index in [1.807, 2.05) is 6.07 Å². The van der Waals surface area contributed by atoms with Crippen LogP contribution >= 0.6 is 11.6 Å². The number of carbonyl (C=O) groups is 1. The second-order valence-electron chi connectivity index (χ2n) is 3.85. The summed E-state index contributed by atoms with van der Waals surface area (Å²) in [4.78, 5) is 14.7. The predicted molar refractivity (Wildman–Crippen MR) is 63.3 cm³/mol. The van der Waals surface area contributed by atoms with Crippen molar-refractivity contribution < 1.29 is 18.1 Å². The van der Waals surface area contributed by atoms with Gasteiger partial charge in [0.05, 0.1) is 6.42 Å². The van der Waals surface area contributed by atoms with Crippen LogP contribution in [0.4, 0.5) is 8.78 Å². The molecule has 1 aromatic heterocycles. The Morgan fingerprint density at radius 3 is 2.89 bits per heavy atom. The molecule has 0 saturated heterocycles. The number of Topliss-reactive ketones (excluding diaryl/α,β-unsaturated/α-hetero) is 1. The van der Waals surface area contributed by atoms with Gasteiger partial charge >= 0.3 is 0 Å². The lowest BCUT2D eigenvalue weighted by molar-refractivity contribution is -0.129. The van der Waals surface area contributed by atoms with Crippen molar-refractivity contribution in [1.29, 1.82) is 0 Å². The topological polar surface area (TPSA) is 56.0 Å². The summed E-state index contributed by atoms with van der Waals surface area (Å²) < 4.78 is 28.9. The van der Waals surface area contributed by atoms with Gasteiger partial charge in [0.1, 0.15) is 0 Å². The van der Waals surface area contributed by atoms with Gasteiger partial charge in [0.2, 0.25) is 11.7 Å². The molecule has 1 aromatic carbocycles. The van der Waals surface area contributed by atoms with E-state index in [1.54, 1.807) is 18.2 Å². The fraction of sp³-hybridized carbons (Fsp3) is 0.250. The molecule has 1 heterocycles. The number of benzene rings is 1. The van der Waals surface area contributed by atoms with Gasteiger partial charge in [0.25, 0.3) is 6.43 Å². The Morgan fingerprint density at radius 1 is 1.42 bits per heavy atom. The summed E-state index contributed by atoms with van der Waals surface area (Å²) in [5.41, 5.74) is 0.861. The van der Waals surface area contributed by atoms with Crippen molar-refractivity contribution in [2.75, 3.05) is 0 Å². The SMILES string of the molecule is O=C(Cc1nc(Cc2cccc(Cl)c2)no1)C(F)F. The lowest BCUT2D eigenvalue weighted by Crippen LogP contribution is -2.13.